The molecule has 0 fully saturated rings. The van der Waals surface area contributed by atoms with Gasteiger partial charge in [0.05, 0.1) is 11.3 Å². The first kappa shape index (κ1) is 8.74. The molecule has 1 amide bonds. The van der Waals surface area contributed by atoms with Crippen molar-refractivity contribution in [2.45, 2.75) is 0 Å². The molecule has 0 aliphatic carbocycles. The van der Waals surface area contributed by atoms with Crippen LogP contribution in [-0.2, 0) is 4.79 Å². The fourth-order valence-electron chi connectivity index (χ4n) is 1.19. The van der Waals surface area contributed by atoms with Crippen LogP contribution in [0.5, 0.6) is 0 Å². The van der Waals surface area contributed by atoms with Crippen molar-refractivity contribution in [3.8, 4) is 0 Å². The van der Waals surface area contributed by atoms with Crippen molar-refractivity contribution >= 4 is 17.4 Å². The summed E-state index contributed by atoms with van der Waals surface area (Å²) in [5.74, 6) is -6.93. The van der Waals surface area contributed by atoms with Crippen molar-refractivity contribution in [1.29, 1.82) is 0 Å². The number of carbonyl (C=O) groups excluding carboxylic acids is 2. The number of carbonyl (C=O) groups is 2. The van der Waals surface area contributed by atoms with Gasteiger partial charge in [-0.05, 0) is 6.07 Å². The van der Waals surface area contributed by atoms with Gasteiger partial charge in [-0.1, -0.05) is 0 Å². The Bertz CT molecular complexity index is 470. The van der Waals surface area contributed by atoms with Crippen molar-refractivity contribution in [2.24, 2.45) is 0 Å². The zero-order valence-electron chi connectivity index (χ0n) is 6.53. The summed E-state index contributed by atoms with van der Waals surface area (Å²) < 4.78 is 38.2. The second-order valence-corrected chi connectivity index (χ2v) is 2.69. The third-order valence-corrected chi connectivity index (χ3v) is 1.85. The predicted octanol–water partition coefficient (Wildman–Crippen LogP) is 1.24. The lowest BCUT2D eigenvalue weighted by atomic mass is 10.1. The van der Waals surface area contributed by atoms with Crippen LogP contribution in [0.15, 0.2) is 6.07 Å². The third-order valence-electron chi connectivity index (χ3n) is 1.85. The molecular weight excluding hydrogens is 199 g/mol. The van der Waals surface area contributed by atoms with E-state index >= 15 is 0 Å². The van der Waals surface area contributed by atoms with Crippen molar-refractivity contribution in [3.63, 3.8) is 0 Å². The minimum Gasteiger partial charge on any atom is -0.316 e. The van der Waals surface area contributed by atoms with Crippen LogP contribution in [0.1, 0.15) is 10.4 Å². The number of nitrogens with one attached hydrogen (secondary N) is 1. The van der Waals surface area contributed by atoms with Crippen LogP contribution in [0.25, 0.3) is 0 Å². The summed E-state index contributed by atoms with van der Waals surface area (Å²) >= 11 is 0. The van der Waals surface area contributed by atoms with Crippen LogP contribution in [0.3, 0.4) is 0 Å². The van der Waals surface area contributed by atoms with E-state index in [-0.39, 0.29) is 0 Å². The summed E-state index contributed by atoms with van der Waals surface area (Å²) in [6, 6.07) is 0.494. The first-order valence-electron chi connectivity index (χ1n) is 3.55. The molecule has 6 heteroatoms. The van der Waals surface area contributed by atoms with Crippen LogP contribution in [0, 0.1) is 17.5 Å². The average molecular weight is 201 g/mol. The highest BCUT2D eigenvalue weighted by atomic mass is 19.2. The summed E-state index contributed by atoms with van der Waals surface area (Å²) in [5.41, 5.74) is -1.08. The number of anilines is 1. The van der Waals surface area contributed by atoms with Crippen molar-refractivity contribution in [2.75, 3.05) is 5.32 Å². The SMILES string of the molecule is O=C1Nc2c(cc(F)c(F)c2F)C1=O. The summed E-state index contributed by atoms with van der Waals surface area (Å²) in [4.78, 5) is 21.7. The molecule has 3 nitrogen and oxygen atoms in total. The second kappa shape index (κ2) is 2.57. The lowest BCUT2D eigenvalue weighted by Gasteiger charge is -2.00. The van der Waals surface area contributed by atoms with Crippen molar-refractivity contribution in [1.82, 2.24) is 0 Å². The number of hydrogen-bond donors (Lipinski definition) is 1. The van der Waals surface area contributed by atoms with Crippen molar-refractivity contribution in [3.05, 3.63) is 29.1 Å². The quantitative estimate of drug-likeness (QED) is 0.507. The molecule has 14 heavy (non-hydrogen) atoms. The van der Waals surface area contributed by atoms with E-state index in [1.165, 1.54) is 0 Å². The molecular formula is C8H2F3NO2. The van der Waals surface area contributed by atoms with E-state index < -0.39 is 40.4 Å². The van der Waals surface area contributed by atoms with E-state index in [0.717, 1.165) is 0 Å². The number of amides is 1. The highest BCUT2D eigenvalue weighted by molar-refractivity contribution is 6.51. The third kappa shape index (κ3) is 0.935. The van der Waals surface area contributed by atoms with Crippen LogP contribution < -0.4 is 5.32 Å². The molecule has 72 valence electrons. The van der Waals surface area contributed by atoms with Crippen LogP contribution >= 0.6 is 0 Å². The van der Waals surface area contributed by atoms with Crippen molar-refractivity contribution < 1.29 is 22.8 Å². The maximum absolute atomic E-state index is 12.9. The fourth-order valence-corrected chi connectivity index (χ4v) is 1.19. The summed E-state index contributed by atoms with van der Waals surface area (Å²) in [7, 11) is 0. The van der Waals surface area contributed by atoms with E-state index in [1.807, 2.05) is 5.32 Å². The Morgan fingerprint density at radius 2 is 1.71 bits per heavy atom. The van der Waals surface area contributed by atoms with E-state index in [0.29, 0.717) is 6.07 Å². The van der Waals surface area contributed by atoms with Gasteiger partial charge in [-0.25, -0.2) is 13.2 Å². The average Bonchev–Trinajstić information content (AvgIpc) is 2.42. The van der Waals surface area contributed by atoms with Gasteiger partial charge in [0, 0.05) is 0 Å². The van der Waals surface area contributed by atoms with E-state index in [4.69, 9.17) is 0 Å². The summed E-state index contributed by atoms with van der Waals surface area (Å²) in [6.45, 7) is 0. The van der Waals surface area contributed by atoms with Crippen LogP contribution in [0.2, 0.25) is 0 Å². The van der Waals surface area contributed by atoms with Gasteiger partial charge in [-0.15, -0.1) is 0 Å². The Hall–Kier alpha value is -1.85. The number of hydrogen-bond acceptors (Lipinski definition) is 2. The molecule has 0 aromatic heterocycles. The molecule has 1 aliphatic rings. The molecule has 0 atom stereocenters. The highest BCUT2D eigenvalue weighted by Crippen LogP contribution is 2.29. The number of Topliss-reactive ketones (excluding diaryl/α,β-unsaturated/α-hetero) is 1. The van der Waals surface area contributed by atoms with E-state index in [9.17, 15) is 22.8 Å². The van der Waals surface area contributed by atoms with Gasteiger partial charge < -0.3 is 5.32 Å². The minimum absolute atomic E-state index is 0.480. The van der Waals surface area contributed by atoms with Gasteiger partial charge in [0.25, 0.3) is 11.7 Å². The summed E-state index contributed by atoms with van der Waals surface area (Å²) in [5, 5.41) is 1.81. The maximum Gasteiger partial charge on any atom is 0.296 e. The molecule has 0 saturated heterocycles. The number of rotatable bonds is 0. The Labute approximate surface area is 75.5 Å². The van der Waals surface area contributed by atoms with Gasteiger partial charge >= 0.3 is 0 Å². The Morgan fingerprint density at radius 1 is 1.07 bits per heavy atom. The molecule has 0 radical (unpaired) electrons. The molecule has 2 rings (SSSR count). The van der Waals surface area contributed by atoms with Crippen LogP contribution in [0.4, 0.5) is 18.9 Å². The minimum atomic E-state index is -1.71. The first-order valence-corrected chi connectivity index (χ1v) is 3.55. The Kier molecular flexibility index (Phi) is 1.60. The molecule has 1 heterocycles. The Balaban J connectivity index is 2.76. The number of ketones is 1. The molecule has 0 unspecified atom stereocenters. The Morgan fingerprint density at radius 3 is 2.36 bits per heavy atom. The number of benzene rings is 1. The molecule has 0 bridgehead atoms. The largest absolute Gasteiger partial charge is 0.316 e. The van der Waals surface area contributed by atoms with Crippen LogP contribution in [-0.4, -0.2) is 11.7 Å². The normalized spacial score (nSPS) is 14.2. The monoisotopic (exact) mass is 201 g/mol. The first-order chi connectivity index (χ1) is 6.52. The van der Waals surface area contributed by atoms with E-state index in [1.54, 1.807) is 0 Å². The molecule has 1 aromatic carbocycles. The molecule has 0 saturated carbocycles. The predicted molar refractivity (Wildman–Crippen MR) is 39.3 cm³/mol. The summed E-state index contributed by atoms with van der Waals surface area (Å²) in [6.07, 6.45) is 0. The highest BCUT2D eigenvalue weighted by Gasteiger charge is 2.33. The molecule has 1 N–H and O–H groups in total. The topological polar surface area (TPSA) is 46.2 Å². The second-order valence-electron chi connectivity index (χ2n) is 2.69. The number of fused-ring (bicyclic) bond motifs is 1. The molecule has 1 aromatic rings. The van der Waals surface area contributed by atoms with Gasteiger partial charge in [0.15, 0.2) is 17.5 Å². The maximum atomic E-state index is 12.9. The van der Waals surface area contributed by atoms with Gasteiger partial charge in [-0.3, -0.25) is 9.59 Å². The van der Waals surface area contributed by atoms with Gasteiger partial charge in [0.2, 0.25) is 0 Å². The van der Waals surface area contributed by atoms with E-state index in [2.05, 4.69) is 0 Å². The molecule has 0 spiro atoms. The molecule has 1 aliphatic heterocycles. The fraction of sp³-hybridized carbons (Fsp3) is 0. The lowest BCUT2D eigenvalue weighted by Crippen LogP contribution is -2.12. The zero-order chi connectivity index (χ0) is 10.5. The zero-order valence-corrected chi connectivity index (χ0v) is 6.53. The smallest absolute Gasteiger partial charge is 0.296 e. The van der Waals surface area contributed by atoms with Gasteiger partial charge in [0.1, 0.15) is 0 Å². The standard InChI is InChI=1S/C8H2F3NO2/c9-3-1-2-6(5(11)4(3)10)12-8(14)7(2)13/h1H,(H,12,13,14). The lowest BCUT2D eigenvalue weighted by molar-refractivity contribution is -0.112. The van der Waals surface area contributed by atoms with Gasteiger partial charge in [-0.2, -0.15) is 0 Å². The number of halogens is 3.